The molecule has 1 aromatic rings. The minimum absolute atomic E-state index is 0.0890. The zero-order chi connectivity index (χ0) is 15.3. The number of nitrogens with one attached hydrogen (secondary N) is 1. The van der Waals surface area contributed by atoms with E-state index in [0.717, 1.165) is 25.2 Å². The molecule has 0 aliphatic carbocycles. The number of benzene rings is 1. The van der Waals surface area contributed by atoms with Crippen LogP contribution in [-0.4, -0.2) is 44.2 Å². The minimum atomic E-state index is -3.33. The zero-order valence-corrected chi connectivity index (χ0v) is 13.4. The number of nitrogens with two attached hydrogens (primary N) is 1. The Balaban J connectivity index is 1.88. The molecule has 7 heteroatoms. The summed E-state index contributed by atoms with van der Waals surface area (Å²) in [7, 11) is -3.33. The summed E-state index contributed by atoms with van der Waals surface area (Å²) in [6.07, 6.45) is 2.45. The molecule has 2 rings (SSSR count). The topological polar surface area (TPSA) is 93.2 Å². The summed E-state index contributed by atoms with van der Waals surface area (Å²) in [5.41, 5.74) is 5.82. The zero-order valence-electron chi connectivity index (χ0n) is 11.7. The van der Waals surface area contributed by atoms with E-state index in [4.69, 9.17) is 15.9 Å². The van der Waals surface area contributed by atoms with Gasteiger partial charge in [0.2, 0.25) is 0 Å². The van der Waals surface area contributed by atoms with Gasteiger partial charge < -0.3 is 10.5 Å². The lowest BCUT2D eigenvalue weighted by atomic mass is 10.2. The Bertz CT molecular complexity index is 596. The first-order valence-corrected chi connectivity index (χ1v) is 9.66. The second-order valence-electron chi connectivity index (χ2n) is 4.97. The van der Waals surface area contributed by atoms with Crippen molar-refractivity contribution in [1.82, 2.24) is 0 Å². The van der Waals surface area contributed by atoms with E-state index in [0.29, 0.717) is 11.3 Å². The van der Waals surface area contributed by atoms with Gasteiger partial charge in [0.1, 0.15) is 5.84 Å². The first-order valence-electron chi connectivity index (χ1n) is 6.85. The van der Waals surface area contributed by atoms with Crippen molar-refractivity contribution in [1.29, 1.82) is 5.41 Å². The minimum Gasteiger partial charge on any atom is -0.384 e. The van der Waals surface area contributed by atoms with Crippen molar-refractivity contribution in [2.24, 2.45) is 5.73 Å². The largest absolute Gasteiger partial charge is 0.384 e. The molecule has 1 aliphatic heterocycles. The highest BCUT2D eigenvalue weighted by Crippen LogP contribution is 2.19. The summed E-state index contributed by atoms with van der Waals surface area (Å²) in [5, 5.41) is 7.36. The van der Waals surface area contributed by atoms with E-state index in [1.807, 2.05) is 0 Å². The molecule has 1 aliphatic rings. The molecule has 1 fully saturated rings. The van der Waals surface area contributed by atoms with Crippen molar-refractivity contribution in [2.45, 2.75) is 23.8 Å². The molecule has 116 valence electrons. The Morgan fingerprint density at radius 1 is 1.48 bits per heavy atom. The summed E-state index contributed by atoms with van der Waals surface area (Å²) in [6, 6.07) is 6.26. The van der Waals surface area contributed by atoms with Crippen LogP contribution in [0.25, 0.3) is 0 Å². The fourth-order valence-corrected chi connectivity index (χ4v) is 5.00. The van der Waals surface area contributed by atoms with Crippen LogP contribution >= 0.6 is 11.8 Å². The maximum atomic E-state index is 12.2. The van der Waals surface area contributed by atoms with Crippen LogP contribution in [-0.2, 0) is 14.6 Å². The highest BCUT2D eigenvalue weighted by atomic mass is 32.2. The lowest BCUT2D eigenvalue weighted by Crippen LogP contribution is -2.15. The molecule has 1 aromatic carbocycles. The van der Waals surface area contributed by atoms with Crippen molar-refractivity contribution >= 4 is 27.4 Å². The fourth-order valence-electron chi connectivity index (χ4n) is 2.13. The average molecular weight is 328 g/mol. The molecule has 0 bridgehead atoms. The SMILES string of the molecule is N=C(N)c1cccc(S(=O)(=O)CCSCC2CCCO2)c1. The van der Waals surface area contributed by atoms with Crippen LogP contribution in [0, 0.1) is 5.41 Å². The lowest BCUT2D eigenvalue weighted by molar-refractivity contribution is 0.129. The van der Waals surface area contributed by atoms with Crippen LogP contribution in [0.5, 0.6) is 0 Å². The van der Waals surface area contributed by atoms with Gasteiger partial charge in [0.15, 0.2) is 9.84 Å². The van der Waals surface area contributed by atoms with Gasteiger partial charge in [-0.15, -0.1) is 0 Å². The van der Waals surface area contributed by atoms with Gasteiger partial charge in [-0.25, -0.2) is 8.42 Å². The van der Waals surface area contributed by atoms with Crippen molar-refractivity contribution in [3.63, 3.8) is 0 Å². The Hall–Kier alpha value is -1.05. The van der Waals surface area contributed by atoms with E-state index in [-0.39, 0.29) is 22.6 Å². The van der Waals surface area contributed by atoms with E-state index < -0.39 is 9.84 Å². The van der Waals surface area contributed by atoms with Crippen LogP contribution in [0.2, 0.25) is 0 Å². The van der Waals surface area contributed by atoms with E-state index >= 15 is 0 Å². The number of rotatable bonds is 7. The highest BCUT2D eigenvalue weighted by Gasteiger charge is 2.18. The summed E-state index contributed by atoms with van der Waals surface area (Å²) in [4.78, 5) is 0.230. The van der Waals surface area contributed by atoms with Gasteiger partial charge in [0.05, 0.1) is 16.8 Å². The van der Waals surface area contributed by atoms with Crippen molar-refractivity contribution < 1.29 is 13.2 Å². The molecule has 1 atom stereocenters. The third kappa shape index (κ3) is 4.72. The summed E-state index contributed by atoms with van der Waals surface area (Å²) < 4.78 is 30.0. The first-order chi connectivity index (χ1) is 9.99. The highest BCUT2D eigenvalue weighted by molar-refractivity contribution is 8.00. The van der Waals surface area contributed by atoms with Gasteiger partial charge in [-0.2, -0.15) is 11.8 Å². The number of nitrogen functional groups attached to an aromatic ring is 1. The van der Waals surface area contributed by atoms with Gasteiger partial charge in [-0.3, -0.25) is 5.41 Å². The monoisotopic (exact) mass is 328 g/mol. The molecule has 21 heavy (non-hydrogen) atoms. The third-order valence-electron chi connectivity index (χ3n) is 3.33. The molecule has 1 heterocycles. The van der Waals surface area contributed by atoms with Crippen LogP contribution in [0.15, 0.2) is 29.2 Å². The standard InChI is InChI=1S/C14H20N2O3S2/c15-14(16)11-3-1-5-13(9-11)21(17,18)8-7-20-10-12-4-2-6-19-12/h1,3,5,9,12H,2,4,6-8,10H2,(H3,15,16). The van der Waals surface area contributed by atoms with Gasteiger partial charge in [-0.1, -0.05) is 12.1 Å². The van der Waals surface area contributed by atoms with Crippen LogP contribution in [0.3, 0.4) is 0 Å². The molecule has 3 N–H and O–H groups in total. The molecular formula is C14H20N2O3S2. The predicted octanol–water partition coefficient (Wildman–Crippen LogP) is 1.66. The molecule has 0 radical (unpaired) electrons. The lowest BCUT2D eigenvalue weighted by Gasteiger charge is -2.09. The third-order valence-corrected chi connectivity index (χ3v) is 6.40. The normalized spacial score (nSPS) is 18.8. The number of sulfone groups is 1. The maximum absolute atomic E-state index is 12.2. The number of ether oxygens (including phenoxy) is 1. The van der Waals surface area contributed by atoms with Crippen LogP contribution < -0.4 is 5.73 Å². The Morgan fingerprint density at radius 2 is 2.29 bits per heavy atom. The molecule has 0 saturated carbocycles. The van der Waals surface area contributed by atoms with Gasteiger partial charge in [-0.05, 0) is 25.0 Å². The van der Waals surface area contributed by atoms with E-state index in [9.17, 15) is 8.42 Å². The fraction of sp³-hybridized carbons (Fsp3) is 0.500. The first kappa shape index (κ1) is 16.3. The average Bonchev–Trinajstić information content (AvgIpc) is 2.97. The van der Waals surface area contributed by atoms with Crippen molar-refractivity contribution in [3.8, 4) is 0 Å². The number of thioether (sulfide) groups is 1. The molecule has 0 amide bonds. The molecule has 5 nitrogen and oxygen atoms in total. The summed E-state index contributed by atoms with van der Waals surface area (Å²) >= 11 is 1.61. The number of amidine groups is 1. The predicted molar refractivity (Wildman–Crippen MR) is 85.8 cm³/mol. The number of hydrogen-bond acceptors (Lipinski definition) is 5. The molecule has 0 aromatic heterocycles. The van der Waals surface area contributed by atoms with Crippen molar-refractivity contribution in [3.05, 3.63) is 29.8 Å². The molecular weight excluding hydrogens is 308 g/mol. The van der Waals surface area contributed by atoms with E-state index in [1.165, 1.54) is 6.07 Å². The Morgan fingerprint density at radius 3 is 2.95 bits per heavy atom. The molecule has 0 spiro atoms. The van der Waals surface area contributed by atoms with Crippen LogP contribution in [0.1, 0.15) is 18.4 Å². The van der Waals surface area contributed by atoms with Crippen LogP contribution in [0.4, 0.5) is 0 Å². The Kier molecular flexibility index (Phi) is 5.66. The maximum Gasteiger partial charge on any atom is 0.179 e. The summed E-state index contributed by atoms with van der Waals surface area (Å²) in [5.74, 6) is 1.36. The molecule has 1 unspecified atom stereocenters. The second-order valence-corrected chi connectivity index (χ2v) is 8.23. The van der Waals surface area contributed by atoms with Gasteiger partial charge in [0.25, 0.3) is 0 Å². The van der Waals surface area contributed by atoms with E-state index in [1.54, 1.807) is 30.0 Å². The Labute approximate surface area is 129 Å². The van der Waals surface area contributed by atoms with Gasteiger partial charge >= 0.3 is 0 Å². The number of hydrogen-bond donors (Lipinski definition) is 2. The quantitative estimate of drug-likeness (QED) is 0.451. The van der Waals surface area contributed by atoms with Gasteiger partial charge in [0, 0.05) is 23.7 Å². The van der Waals surface area contributed by atoms with E-state index in [2.05, 4.69) is 0 Å². The molecule has 1 saturated heterocycles. The second kappa shape index (κ2) is 7.29. The van der Waals surface area contributed by atoms with Crippen molar-refractivity contribution in [2.75, 3.05) is 23.9 Å². The smallest absolute Gasteiger partial charge is 0.179 e. The summed E-state index contributed by atoms with van der Waals surface area (Å²) in [6.45, 7) is 0.821.